The molecule has 6 nitrogen and oxygen atoms in total. The molecular formula is C26H28ClN5O. The normalized spacial score (nSPS) is 11.0. The summed E-state index contributed by atoms with van der Waals surface area (Å²) < 4.78 is 2.16. The van der Waals surface area contributed by atoms with E-state index in [1.807, 2.05) is 61.5 Å². The fraction of sp³-hybridized carbons (Fsp3) is 0.269. The van der Waals surface area contributed by atoms with Crippen LogP contribution in [0.25, 0.3) is 11.2 Å². The molecule has 0 radical (unpaired) electrons. The lowest BCUT2D eigenvalue weighted by Crippen LogP contribution is -2.28. The van der Waals surface area contributed by atoms with Gasteiger partial charge in [-0.3, -0.25) is 0 Å². The van der Waals surface area contributed by atoms with Crippen molar-refractivity contribution in [3.8, 4) is 0 Å². The summed E-state index contributed by atoms with van der Waals surface area (Å²) in [6.07, 6.45) is 3.00. The molecule has 2 aromatic carbocycles. The number of pyridine rings is 1. The molecule has 7 heteroatoms. The molecule has 2 aromatic heterocycles. The summed E-state index contributed by atoms with van der Waals surface area (Å²) in [5, 5.41) is 6.52. The van der Waals surface area contributed by atoms with Gasteiger partial charge in [-0.1, -0.05) is 67.4 Å². The monoisotopic (exact) mass is 461 g/mol. The molecule has 0 aliphatic carbocycles. The molecule has 0 unspecified atom stereocenters. The highest BCUT2D eigenvalue weighted by atomic mass is 35.5. The fourth-order valence-electron chi connectivity index (χ4n) is 3.77. The molecule has 33 heavy (non-hydrogen) atoms. The van der Waals surface area contributed by atoms with Gasteiger partial charge in [0.2, 0.25) is 0 Å². The van der Waals surface area contributed by atoms with Gasteiger partial charge >= 0.3 is 6.03 Å². The van der Waals surface area contributed by atoms with Crippen molar-refractivity contribution in [3.05, 3.63) is 88.3 Å². The summed E-state index contributed by atoms with van der Waals surface area (Å²) in [6.45, 7) is 5.17. The molecule has 0 bridgehead atoms. The molecule has 0 atom stereocenters. The molecule has 4 rings (SSSR count). The first-order chi connectivity index (χ1) is 16.0. The van der Waals surface area contributed by atoms with Crippen molar-refractivity contribution in [2.45, 2.75) is 46.2 Å². The molecule has 0 saturated carbocycles. The van der Waals surface area contributed by atoms with Crippen LogP contribution in [-0.4, -0.2) is 20.6 Å². The number of nitrogens with zero attached hydrogens (tertiary/aromatic N) is 3. The third-order valence-corrected chi connectivity index (χ3v) is 5.75. The standard InChI is InChI=1S/C26H28ClN5O/c1-3-4-13-24-30-23-15-22(31-26(33)28-16-19-9-6-5-7-10-19)18(2)29-25(23)32(24)17-20-11-8-12-21(27)14-20/h5-12,14-15H,3-4,13,16-17H2,1-2H3,(H2,28,31,33). The minimum atomic E-state index is -0.271. The highest BCUT2D eigenvalue weighted by Crippen LogP contribution is 2.24. The summed E-state index contributed by atoms with van der Waals surface area (Å²) >= 11 is 6.20. The Morgan fingerprint density at radius 3 is 2.58 bits per heavy atom. The van der Waals surface area contributed by atoms with Crippen LogP contribution in [0.15, 0.2) is 60.7 Å². The lowest BCUT2D eigenvalue weighted by atomic mass is 10.2. The predicted octanol–water partition coefficient (Wildman–Crippen LogP) is 6.11. The van der Waals surface area contributed by atoms with Gasteiger partial charge in [0.15, 0.2) is 5.65 Å². The lowest BCUT2D eigenvalue weighted by Gasteiger charge is -2.11. The van der Waals surface area contributed by atoms with E-state index in [1.165, 1.54) is 0 Å². The van der Waals surface area contributed by atoms with E-state index in [1.54, 1.807) is 0 Å². The van der Waals surface area contributed by atoms with E-state index in [-0.39, 0.29) is 6.03 Å². The number of unbranched alkanes of at least 4 members (excludes halogenated alkanes) is 1. The third kappa shape index (κ3) is 5.71. The largest absolute Gasteiger partial charge is 0.334 e. The zero-order chi connectivity index (χ0) is 23.2. The molecule has 2 N–H and O–H groups in total. The zero-order valence-electron chi connectivity index (χ0n) is 18.9. The summed E-state index contributed by atoms with van der Waals surface area (Å²) in [5.74, 6) is 0.990. The number of halogens is 1. The van der Waals surface area contributed by atoms with Crippen LogP contribution in [0.3, 0.4) is 0 Å². The second kappa shape index (κ2) is 10.5. The van der Waals surface area contributed by atoms with Crippen molar-refractivity contribution in [2.24, 2.45) is 0 Å². The number of aryl methyl sites for hydroxylation is 2. The fourth-order valence-corrected chi connectivity index (χ4v) is 3.98. The van der Waals surface area contributed by atoms with Gasteiger partial charge in [0.25, 0.3) is 0 Å². The zero-order valence-corrected chi connectivity index (χ0v) is 19.7. The van der Waals surface area contributed by atoms with Crippen molar-refractivity contribution in [1.29, 1.82) is 0 Å². The van der Waals surface area contributed by atoms with Gasteiger partial charge < -0.3 is 15.2 Å². The van der Waals surface area contributed by atoms with E-state index in [9.17, 15) is 4.79 Å². The number of aromatic nitrogens is 3. The van der Waals surface area contributed by atoms with Crippen LogP contribution in [0, 0.1) is 6.92 Å². The van der Waals surface area contributed by atoms with Crippen molar-refractivity contribution in [1.82, 2.24) is 19.9 Å². The number of benzene rings is 2. The van der Waals surface area contributed by atoms with Gasteiger partial charge in [-0.2, -0.15) is 0 Å². The summed E-state index contributed by atoms with van der Waals surface area (Å²) in [6, 6.07) is 19.3. The molecule has 4 aromatic rings. The number of anilines is 1. The number of fused-ring (bicyclic) bond motifs is 1. The van der Waals surface area contributed by atoms with Gasteiger partial charge in [-0.05, 0) is 42.7 Å². The van der Waals surface area contributed by atoms with E-state index in [4.69, 9.17) is 21.6 Å². The van der Waals surface area contributed by atoms with E-state index < -0.39 is 0 Å². The van der Waals surface area contributed by atoms with Crippen molar-refractivity contribution >= 4 is 34.5 Å². The number of hydrogen-bond donors (Lipinski definition) is 2. The van der Waals surface area contributed by atoms with Crippen LogP contribution in [-0.2, 0) is 19.5 Å². The van der Waals surface area contributed by atoms with E-state index in [0.717, 1.165) is 53.1 Å². The van der Waals surface area contributed by atoms with Gasteiger partial charge in [0.1, 0.15) is 11.3 Å². The van der Waals surface area contributed by atoms with Gasteiger partial charge in [0.05, 0.1) is 17.9 Å². The maximum atomic E-state index is 12.5. The Bertz CT molecular complexity index is 1250. The molecule has 2 heterocycles. The quantitative estimate of drug-likeness (QED) is 0.332. The second-order valence-corrected chi connectivity index (χ2v) is 8.54. The van der Waals surface area contributed by atoms with Crippen LogP contribution >= 0.6 is 11.6 Å². The maximum Gasteiger partial charge on any atom is 0.319 e. The first kappa shape index (κ1) is 22.8. The van der Waals surface area contributed by atoms with Crippen molar-refractivity contribution in [2.75, 3.05) is 5.32 Å². The van der Waals surface area contributed by atoms with Crippen LogP contribution in [0.2, 0.25) is 5.02 Å². The molecule has 0 saturated heterocycles. The van der Waals surface area contributed by atoms with Gasteiger partial charge in [-0.15, -0.1) is 0 Å². The Kier molecular flexibility index (Phi) is 7.25. The number of rotatable bonds is 8. The van der Waals surface area contributed by atoms with E-state index in [0.29, 0.717) is 23.8 Å². The SMILES string of the molecule is CCCCc1nc2cc(NC(=O)NCc3ccccc3)c(C)nc2n1Cc1cccc(Cl)c1. The number of nitrogens with one attached hydrogen (secondary N) is 2. The number of hydrogen-bond acceptors (Lipinski definition) is 3. The Hall–Kier alpha value is -3.38. The van der Waals surface area contributed by atoms with E-state index >= 15 is 0 Å². The first-order valence-corrected chi connectivity index (χ1v) is 11.6. The Balaban J connectivity index is 1.58. The van der Waals surface area contributed by atoms with Crippen LogP contribution in [0.1, 0.15) is 42.4 Å². The predicted molar refractivity (Wildman–Crippen MR) is 134 cm³/mol. The van der Waals surface area contributed by atoms with Crippen LogP contribution in [0.5, 0.6) is 0 Å². The Labute approximate surface area is 199 Å². The smallest absolute Gasteiger partial charge is 0.319 e. The Morgan fingerprint density at radius 1 is 1.03 bits per heavy atom. The molecular weight excluding hydrogens is 434 g/mol. The molecule has 2 amide bonds. The summed E-state index contributed by atoms with van der Waals surface area (Å²) in [4.78, 5) is 22.2. The number of carbonyl (C=O) groups excluding carboxylic acids is 1. The first-order valence-electron chi connectivity index (χ1n) is 11.2. The topological polar surface area (TPSA) is 71.8 Å². The van der Waals surface area contributed by atoms with Crippen molar-refractivity contribution in [3.63, 3.8) is 0 Å². The van der Waals surface area contributed by atoms with Crippen molar-refractivity contribution < 1.29 is 4.79 Å². The number of amides is 2. The lowest BCUT2D eigenvalue weighted by molar-refractivity contribution is 0.251. The summed E-state index contributed by atoms with van der Waals surface area (Å²) in [5.41, 5.74) is 5.12. The van der Waals surface area contributed by atoms with Crippen LogP contribution < -0.4 is 10.6 Å². The molecule has 0 spiro atoms. The van der Waals surface area contributed by atoms with Crippen LogP contribution in [0.4, 0.5) is 10.5 Å². The molecule has 0 fully saturated rings. The number of urea groups is 1. The van der Waals surface area contributed by atoms with Gasteiger partial charge in [-0.25, -0.2) is 14.8 Å². The average Bonchev–Trinajstić information content (AvgIpc) is 3.13. The second-order valence-electron chi connectivity index (χ2n) is 8.10. The number of imidazole rings is 1. The number of carbonyl (C=O) groups is 1. The molecule has 170 valence electrons. The van der Waals surface area contributed by atoms with E-state index in [2.05, 4.69) is 28.2 Å². The van der Waals surface area contributed by atoms with Gasteiger partial charge in [0, 0.05) is 18.0 Å². The third-order valence-electron chi connectivity index (χ3n) is 5.52. The maximum absolute atomic E-state index is 12.5. The molecule has 0 aliphatic rings. The average molecular weight is 462 g/mol. The molecule has 0 aliphatic heterocycles. The highest BCUT2D eigenvalue weighted by molar-refractivity contribution is 6.30. The minimum Gasteiger partial charge on any atom is -0.334 e. The Morgan fingerprint density at radius 2 is 1.82 bits per heavy atom. The highest BCUT2D eigenvalue weighted by Gasteiger charge is 2.16. The minimum absolute atomic E-state index is 0.271. The summed E-state index contributed by atoms with van der Waals surface area (Å²) in [7, 11) is 0.